The minimum atomic E-state index is -1.66. The number of rotatable bonds is 9. The van der Waals surface area contributed by atoms with Crippen molar-refractivity contribution in [3.05, 3.63) is 18.2 Å². The largest absolute Gasteiger partial charge is 0.493 e. The van der Waals surface area contributed by atoms with Crippen molar-refractivity contribution in [3.8, 4) is 17.2 Å². The fourth-order valence-corrected chi connectivity index (χ4v) is 4.71. The molecule has 9 nitrogen and oxygen atoms in total. The predicted octanol–water partition coefficient (Wildman–Crippen LogP) is 2.52. The van der Waals surface area contributed by atoms with Crippen molar-refractivity contribution in [2.75, 3.05) is 34.0 Å². The second-order valence-electron chi connectivity index (χ2n) is 8.94. The van der Waals surface area contributed by atoms with Crippen LogP contribution in [0.4, 0.5) is 0 Å². The third-order valence-electron chi connectivity index (χ3n) is 6.83. The molecule has 3 atom stereocenters. The quantitative estimate of drug-likeness (QED) is 0.328. The van der Waals surface area contributed by atoms with E-state index in [1.165, 1.54) is 12.0 Å². The smallest absolute Gasteiger partial charge is 0.328 e. The Balaban J connectivity index is 1.56. The molecule has 9 heteroatoms. The van der Waals surface area contributed by atoms with Crippen LogP contribution in [0.25, 0.3) is 0 Å². The summed E-state index contributed by atoms with van der Waals surface area (Å²) in [7, 11) is 3.07. The summed E-state index contributed by atoms with van der Waals surface area (Å²) in [6, 6.07) is 4.26. The molecule has 1 unspecified atom stereocenters. The number of amides is 1. The molecule has 0 radical (unpaired) electrons. The highest BCUT2D eigenvalue weighted by Gasteiger charge is 2.48. The molecule has 1 aromatic carbocycles. The van der Waals surface area contributed by atoms with E-state index < -0.39 is 29.3 Å². The molecule has 1 aromatic rings. The number of Topliss-reactive ketones (excluding diaryl/α,β-unsaturated/α-hetero) is 1. The van der Waals surface area contributed by atoms with E-state index in [0.29, 0.717) is 42.9 Å². The third-order valence-corrected chi connectivity index (χ3v) is 6.83. The number of esters is 1. The number of ether oxygens (including phenoxy) is 4. The number of hydrogen-bond donors (Lipinski definition) is 1. The van der Waals surface area contributed by atoms with E-state index in [4.69, 9.17) is 18.9 Å². The van der Waals surface area contributed by atoms with Gasteiger partial charge in [-0.25, -0.2) is 4.79 Å². The van der Waals surface area contributed by atoms with Gasteiger partial charge in [0.1, 0.15) is 30.6 Å². The van der Waals surface area contributed by atoms with Gasteiger partial charge in [-0.3, -0.25) is 9.59 Å². The van der Waals surface area contributed by atoms with Gasteiger partial charge in [0.05, 0.1) is 14.2 Å². The van der Waals surface area contributed by atoms with Gasteiger partial charge < -0.3 is 29.0 Å². The van der Waals surface area contributed by atoms with Gasteiger partial charge in [0.25, 0.3) is 11.7 Å². The van der Waals surface area contributed by atoms with Crippen molar-refractivity contribution >= 4 is 17.7 Å². The number of likely N-dealkylation sites (tertiary alicyclic amines) is 1. The molecule has 1 saturated heterocycles. The number of piperidine rings is 1. The van der Waals surface area contributed by atoms with Gasteiger partial charge >= 0.3 is 5.97 Å². The number of carbonyl (C=O) groups is 3. The Labute approximate surface area is 200 Å². The Morgan fingerprint density at radius 3 is 2.47 bits per heavy atom. The third kappa shape index (κ3) is 5.63. The van der Waals surface area contributed by atoms with Crippen molar-refractivity contribution in [1.29, 1.82) is 0 Å². The first-order chi connectivity index (χ1) is 16.3. The van der Waals surface area contributed by atoms with Gasteiger partial charge in [-0.2, -0.15) is 0 Å². The zero-order valence-electron chi connectivity index (χ0n) is 20.2. The number of carbonyl (C=O) groups excluding carboxylic acids is 3. The van der Waals surface area contributed by atoms with E-state index >= 15 is 0 Å². The van der Waals surface area contributed by atoms with Crippen molar-refractivity contribution in [2.45, 2.75) is 63.5 Å². The van der Waals surface area contributed by atoms with Crippen LogP contribution in [-0.2, 0) is 19.1 Å². The molecule has 3 rings (SSSR count). The van der Waals surface area contributed by atoms with Crippen LogP contribution in [-0.4, -0.2) is 73.3 Å². The summed E-state index contributed by atoms with van der Waals surface area (Å²) in [4.78, 5) is 40.1. The maximum absolute atomic E-state index is 13.1. The van der Waals surface area contributed by atoms with Crippen LogP contribution in [0.15, 0.2) is 18.2 Å². The van der Waals surface area contributed by atoms with Gasteiger partial charge in [-0.15, -0.1) is 0 Å². The first-order valence-corrected chi connectivity index (χ1v) is 11.9. The van der Waals surface area contributed by atoms with Crippen molar-refractivity contribution < 1.29 is 38.4 Å². The Morgan fingerprint density at radius 2 is 1.76 bits per heavy atom. The molecule has 2 aliphatic rings. The maximum Gasteiger partial charge on any atom is 0.328 e. The Kier molecular flexibility index (Phi) is 8.77. The van der Waals surface area contributed by atoms with Crippen LogP contribution in [0.2, 0.25) is 0 Å². The molecule has 0 aromatic heterocycles. The van der Waals surface area contributed by atoms with E-state index in [2.05, 4.69) is 0 Å². The molecule has 1 heterocycles. The summed E-state index contributed by atoms with van der Waals surface area (Å²) >= 11 is 0. The highest BCUT2D eigenvalue weighted by atomic mass is 16.6. The zero-order chi connectivity index (χ0) is 24.7. The van der Waals surface area contributed by atoms with Crippen LogP contribution >= 0.6 is 0 Å². The summed E-state index contributed by atoms with van der Waals surface area (Å²) in [5, 5.41) is 10.9. The standard InChI is InChI=1S/C25H35NO8/c1-17-8-4-6-12-25(17,30)22(27)23(28)26-13-7-5-9-19(26)24(29)34-15-14-33-18-10-11-20(31-2)21(16-18)32-3/h10-11,16-17,19,30H,4-9,12-15H2,1-3H3/t17-,19?,25-/m1/s1. The van der Waals surface area contributed by atoms with Crippen molar-refractivity contribution in [1.82, 2.24) is 4.90 Å². The van der Waals surface area contributed by atoms with E-state index in [1.54, 1.807) is 32.2 Å². The lowest BCUT2D eigenvalue weighted by Crippen LogP contribution is -2.58. The molecule has 2 fully saturated rings. The average Bonchev–Trinajstić information content (AvgIpc) is 2.87. The molecule has 1 N–H and O–H groups in total. The molecular weight excluding hydrogens is 442 g/mol. The molecule has 34 heavy (non-hydrogen) atoms. The van der Waals surface area contributed by atoms with Gasteiger partial charge in [0.15, 0.2) is 11.5 Å². The fourth-order valence-electron chi connectivity index (χ4n) is 4.71. The lowest BCUT2D eigenvalue weighted by atomic mass is 9.73. The second kappa shape index (κ2) is 11.6. The second-order valence-corrected chi connectivity index (χ2v) is 8.94. The summed E-state index contributed by atoms with van der Waals surface area (Å²) < 4.78 is 21.4. The highest BCUT2D eigenvalue weighted by Crippen LogP contribution is 2.35. The molecule has 0 spiro atoms. The normalized spacial score (nSPS) is 24.8. The fraction of sp³-hybridized carbons (Fsp3) is 0.640. The molecule has 1 aliphatic carbocycles. The first-order valence-electron chi connectivity index (χ1n) is 11.9. The topological polar surface area (TPSA) is 112 Å². The van der Waals surface area contributed by atoms with Crippen molar-refractivity contribution in [2.24, 2.45) is 5.92 Å². The summed E-state index contributed by atoms with van der Waals surface area (Å²) in [5.41, 5.74) is -1.66. The van der Waals surface area contributed by atoms with E-state index in [-0.39, 0.29) is 32.1 Å². The average molecular weight is 478 g/mol. The molecule has 188 valence electrons. The maximum atomic E-state index is 13.1. The SMILES string of the molecule is COc1ccc(OCCOC(=O)C2CCCCN2C(=O)C(=O)[C@@]2(O)CCCC[C@H]2C)cc1OC. The van der Waals surface area contributed by atoms with Crippen LogP contribution < -0.4 is 14.2 Å². The zero-order valence-corrected chi connectivity index (χ0v) is 20.2. The number of nitrogens with zero attached hydrogens (tertiary/aromatic N) is 1. The summed E-state index contributed by atoms with van der Waals surface area (Å²) in [6.07, 6.45) is 4.46. The van der Waals surface area contributed by atoms with E-state index in [1.807, 2.05) is 0 Å². The van der Waals surface area contributed by atoms with E-state index in [0.717, 1.165) is 12.8 Å². The monoisotopic (exact) mass is 477 g/mol. The number of ketones is 1. The van der Waals surface area contributed by atoms with Gasteiger partial charge in [0, 0.05) is 12.6 Å². The predicted molar refractivity (Wildman–Crippen MR) is 123 cm³/mol. The Hall–Kier alpha value is -2.81. The molecule has 1 amide bonds. The van der Waals surface area contributed by atoms with Gasteiger partial charge in [-0.05, 0) is 50.2 Å². The Bertz CT molecular complexity index is 888. The number of hydrogen-bond acceptors (Lipinski definition) is 8. The molecule has 1 saturated carbocycles. The first kappa shape index (κ1) is 25.8. The lowest BCUT2D eigenvalue weighted by Gasteiger charge is -2.39. The van der Waals surface area contributed by atoms with E-state index in [9.17, 15) is 19.5 Å². The van der Waals surface area contributed by atoms with Crippen LogP contribution in [0.3, 0.4) is 0 Å². The van der Waals surface area contributed by atoms with Crippen molar-refractivity contribution in [3.63, 3.8) is 0 Å². The van der Waals surface area contributed by atoms with Crippen LogP contribution in [0, 0.1) is 5.92 Å². The minimum Gasteiger partial charge on any atom is -0.493 e. The number of benzene rings is 1. The molecular formula is C25H35NO8. The highest BCUT2D eigenvalue weighted by molar-refractivity contribution is 6.39. The number of aliphatic hydroxyl groups is 1. The van der Waals surface area contributed by atoms with Gasteiger partial charge in [0.2, 0.25) is 0 Å². The molecule has 1 aliphatic heterocycles. The Morgan fingerprint density at radius 1 is 1.03 bits per heavy atom. The van der Waals surface area contributed by atoms with Gasteiger partial charge in [-0.1, -0.05) is 19.8 Å². The molecule has 0 bridgehead atoms. The summed E-state index contributed by atoms with van der Waals surface area (Å²) in [6.45, 7) is 2.18. The minimum absolute atomic E-state index is 0.0133. The number of methoxy groups -OCH3 is 2. The van der Waals surface area contributed by atoms with Crippen LogP contribution in [0.1, 0.15) is 51.9 Å². The lowest BCUT2D eigenvalue weighted by molar-refractivity contribution is -0.167. The van der Waals surface area contributed by atoms with Crippen LogP contribution in [0.5, 0.6) is 17.2 Å². The summed E-state index contributed by atoms with van der Waals surface area (Å²) in [5.74, 6) is -0.835.